The van der Waals surface area contributed by atoms with Crippen molar-refractivity contribution < 1.29 is 0 Å². The number of benzene rings is 7. The largest absolute Gasteiger partial charge is 0.252 e. The van der Waals surface area contributed by atoms with Crippen LogP contribution in [-0.2, 0) is 0 Å². The predicted octanol–water partition coefficient (Wildman–Crippen LogP) is 11.6. The minimum atomic E-state index is 0.630. The van der Waals surface area contributed by atoms with E-state index >= 15 is 0 Å². The number of rotatable bonds is 4. The first kappa shape index (κ1) is 26.7. The molecular formula is C45H27N3. The van der Waals surface area contributed by atoms with Crippen molar-refractivity contribution in [3.8, 4) is 67.2 Å². The molecule has 0 saturated heterocycles. The van der Waals surface area contributed by atoms with Crippen LogP contribution >= 0.6 is 0 Å². The first-order valence-electron chi connectivity index (χ1n) is 16.3. The van der Waals surface area contributed by atoms with Crippen molar-refractivity contribution in [1.82, 2.24) is 15.0 Å². The van der Waals surface area contributed by atoms with Gasteiger partial charge in [0.15, 0.2) is 5.82 Å². The van der Waals surface area contributed by atoms with Gasteiger partial charge in [0.2, 0.25) is 0 Å². The van der Waals surface area contributed by atoms with Gasteiger partial charge in [-0.1, -0.05) is 140 Å². The van der Waals surface area contributed by atoms with Crippen LogP contribution in [0.3, 0.4) is 0 Å². The molecule has 3 heteroatoms. The molecule has 0 atom stereocenters. The van der Waals surface area contributed by atoms with Crippen molar-refractivity contribution in [1.29, 1.82) is 0 Å². The number of para-hydroxylation sites is 1. The monoisotopic (exact) mass is 609 g/mol. The van der Waals surface area contributed by atoms with Gasteiger partial charge in [0.1, 0.15) is 5.69 Å². The van der Waals surface area contributed by atoms with Crippen LogP contribution in [0.5, 0.6) is 0 Å². The molecule has 7 aromatic carbocycles. The van der Waals surface area contributed by atoms with E-state index in [2.05, 4.69) is 126 Å². The fraction of sp³-hybridized carbons (Fsp3) is 0. The zero-order chi connectivity index (χ0) is 31.6. The van der Waals surface area contributed by atoms with Crippen LogP contribution in [0.4, 0.5) is 0 Å². The highest BCUT2D eigenvalue weighted by Gasteiger charge is 2.31. The zero-order valence-corrected chi connectivity index (χ0v) is 25.9. The lowest BCUT2D eigenvalue weighted by molar-refractivity contribution is 1.18. The minimum Gasteiger partial charge on any atom is -0.252 e. The summed E-state index contributed by atoms with van der Waals surface area (Å²) in [4.78, 5) is 14.2. The van der Waals surface area contributed by atoms with Crippen LogP contribution in [0.15, 0.2) is 164 Å². The molecule has 2 aromatic heterocycles. The SMILES string of the molecule is c1ccc(-c2c3c(c(-c4ccccc4)c4ccccc24)-c2ccc(-c4ccc(-c5ncc6ccccc6n5)nc4)c4cccc-3c24)cc1. The van der Waals surface area contributed by atoms with Crippen LogP contribution in [0, 0.1) is 0 Å². The maximum Gasteiger partial charge on any atom is 0.178 e. The van der Waals surface area contributed by atoms with Crippen molar-refractivity contribution in [3.63, 3.8) is 0 Å². The molecule has 0 N–H and O–H groups in total. The second kappa shape index (κ2) is 10.5. The summed E-state index contributed by atoms with van der Waals surface area (Å²) < 4.78 is 0. The van der Waals surface area contributed by atoms with E-state index in [1.54, 1.807) is 0 Å². The second-order valence-corrected chi connectivity index (χ2v) is 12.4. The third-order valence-electron chi connectivity index (χ3n) is 9.71. The van der Waals surface area contributed by atoms with Crippen molar-refractivity contribution in [3.05, 3.63) is 164 Å². The summed E-state index contributed by atoms with van der Waals surface area (Å²) in [5.74, 6) is 0.630. The Morgan fingerprint density at radius 3 is 1.65 bits per heavy atom. The van der Waals surface area contributed by atoms with Gasteiger partial charge >= 0.3 is 0 Å². The molecule has 0 unspecified atom stereocenters. The lowest BCUT2D eigenvalue weighted by Crippen LogP contribution is -1.93. The van der Waals surface area contributed by atoms with E-state index in [9.17, 15) is 0 Å². The summed E-state index contributed by atoms with van der Waals surface area (Å²) >= 11 is 0. The Hall–Kier alpha value is -6.45. The summed E-state index contributed by atoms with van der Waals surface area (Å²) in [7, 11) is 0. The van der Waals surface area contributed by atoms with Gasteiger partial charge in [-0.3, -0.25) is 4.98 Å². The van der Waals surface area contributed by atoms with Gasteiger partial charge < -0.3 is 0 Å². The number of aromatic nitrogens is 3. The Morgan fingerprint density at radius 2 is 0.958 bits per heavy atom. The average Bonchev–Trinajstić information content (AvgIpc) is 3.49. The fourth-order valence-electron chi connectivity index (χ4n) is 7.64. The van der Waals surface area contributed by atoms with Crippen molar-refractivity contribution >= 4 is 32.4 Å². The summed E-state index contributed by atoms with van der Waals surface area (Å²) in [6, 6.07) is 54.2. The van der Waals surface area contributed by atoms with Gasteiger partial charge in [-0.2, -0.15) is 0 Å². The molecule has 0 saturated carbocycles. The molecule has 0 fully saturated rings. The van der Waals surface area contributed by atoms with E-state index in [0.29, 0.717) is 5.82 Å². The molecule has 48 heavy (non-hydrogen) atoms. The molecule has 0 aliphatic heterocycles. The lowest BCUT2D eigenvalue weighted by Gasteiger charge is -2.20. The van der Waals surface area contributed by atoms with Gasteiger partial charge in [-0.25, -0.2) is 9.97 Å². The highest BCUT2D eigenvalue weighted by Crippen LogP contribution is 2.58. The molecule has 1 aliphatic carbocycles. The second-order valence-electron chi connectivity index (χ2n) is 12.4. The third kappa shape index (κ3) is 3.98. The molecule has 0 radical (unpaired) electrons. The molecule has 1 aliphatic rings. The summed E-state index contributed by atoms with van der Waals surface area (Å²) in [5, 5.41) is 6.06. The zero-order valence-electron chi connectivity index (χ0n) is 25.9. The fourth-order valence-corrected chi connectivity index (χ4v) is 7.64. The average molecular weight is 610 g/mol. The Morgan fingerprint density at radius 1 is 0.354 bits per heavy atom. The van der Waals surface area contributed by atoms with Crippen LogP contribution in [0.2, 0.25) is 0 Å². The Bertz CT molecular complexity index is 2610. The first-order chi connectivity index (χ1) is 23.8. The van der Waals surface area contributed by atoms with Crippen LogP contribution in [-0.4, -0.2) is 15.0 Å². The number of hydrogen-bond acceptors (Lipinski definition) is 3. The smallest absolute Gasteiger partial charge is 0.178 e. The van der Waals surface area contributed by atoms with E-state index in [0.717, 1.165) is 27.7 Å². The van der Waals surface area contributed by atoms with Crippen LogP contribution < -0.4 is 0 Å². The highest BCUT2D eigenvalue weighted by molar-refractivity contribution is 6.28. The number of hydrogen-bond donors (Lipinski definition) is 0. The molecule has 222 valence electrons. The van der Waals surface area contributed by atoms with Crippen molar-refractivity contribution in [2.24, 2.45) is 0 Å². The molecule has 10 rings (SSSR count). The molecule has 0 spiro atoms. The Kier molecular flexibility index (Phi) is 5.87. The van der Waals surface area contributed by atoms with Gasteiger partial charge in [0.25, 0.3) is 0 Å². The maximum absolute atomic E-state index is 4.86. The Balaban J connectivity index is 1.21. The van der Waals surface area contributed by atoms with E-state index < -0.39 is 0 Å². The first-order valence-corrected chi connectivity index (χ1v) is 16.3. The van der Waals surface area contributed by atoms with E-state index in [1.165, 1.54) is 66.1 Å². The normalized spacial score (nSPS) is 11.8. The molecule has 0 amide bonds. The maximum atomic E-state index is 4.86. The van der Waals surface area contributed by atoms with E-state index in [-0.39, 0.29) is 0 Å². The topological polar surface area (TPSA) is 38.7 Å². The minimum absolute atomic E-state index is 0.630. The summed E-state index contributed by atoms with van der Waals surface area (Å²) in [6.07, 6.45) is 3.82. The summed E-state index contributed by atoms with van der Waals surface area (Å²) in [5.41, 5.74) is 14.1. The number of nitrogens with zero attached hydrogens (tertiary/aromatic N) is 3. The highest BCUT2D eigenvalue weighted by atomic mass is 14.9. The quantitative estimate of drug-likeness (QED) is 0.199. The van der Waals surface area contributed by atoms with Crippen molar-refractivity contribution in [2.75, 3.05) is 0 Å². The van der Waals surface area contributed by atoms with Gasteiger partial charge in [0.05, 0.1) is 5.52 Å². The third-order valence-corrected chi connectivity index (χ3v) is 9.71. The molecular weight excluding hydrogens is 583 g/mol. The summed E-state index contributed by atoms with van der Waals surface area (Å²) in [6.45, 7) is 0. The molecule has 0 bridgehead atoms. The molecule has 3 nitrogen and oxygen atoms in total. The van der Waals surface area contributed by atoms with E-state index in [4.69, 9.17) is 9.97 Å². The van der Waals surface area contributed by atoms with Crippen molar-refractivity contribution in [2.45, 2.75) is 0 Å². The van der Waals surface area contributed by atoms with Gasteiger partial charge in [-0.15, -0.1) is 0 Å². The van der Waals surface area contributed by atoms with Crippen LogP contribution in [0.25, 0.3) is 99.6 Å². The van der Waals surface area contributed by atoms with Gasteiger partial charge in [0, 0.05) is 23.3 Å². The molecule has 2 heterocycles. The van der Waals surface area contributed by atoms with Crippen LogP contribution in [0.1, 0.15) is 0 Å². The number of pyridine rings is 1. The van der Waals surface area contributed by atoms with E-state index in [1.807, 2.05) is 42.7 Å². The molecule has 9 aromatic rings. The standard InChI is InChI=1S/C45H27N3/c1-3-12-28(13-4-1)40-34-17-8-9-18-35(34)41(29-14-5-2-6-15-29)44-37-24-23-32(33-19-11-20-36(42(33)37)43(40)44)30-22-25-39(46-26-30)45-47-27-31-16-7-10-21-38(31)48-45/h1-27H. The predicted molar refractivity (Wildman–Crippen MR) is 199 cm³/mol. The van der Waals surface area contributed by atoms with Gasteiger partial charge in [-0.05, 0) is 83.7 Å². The number of fused-ring (bicyclic) bond motifs is 5. The Labute approximate surface area is 277 Å². The lowest BCUT2D eigenvalue weighted by atomic mass is 9.82.